The van der Waals surface area contributed by atoms with Gasteiger partial charge in [-0.25, -0.2) is 0 Å². The van der Waals surface area contributed by atoms with Crippen LogP contribution >= 0.6 is 0 Å². The lowest BCUT2D eigenvalue weighted by molar-refractivity contribution is -0.137. The molecule has 30 heavy (non-hydrogen) atoms. The van der Waals surface area contributed by atoms with Crippen LogP contribution in [0.3, 0.4) is 0 Å². The molecule has 0 spiro atoms. The number of nitrogens with zero attached hydrogens (tertiary/aromatic N) is 1. The number of aliphatic carboxylic acids is 1. The lowest BCUT2D eigenvalue weighted by Gasteiger charge is -2.24. The number of benzene rings is 2. The van der Waals surface area contributed by atoms with Gasteiger partial charge in [0.15, 0.2) is 0 Å². The highest BCUT2D eigenvalue weighted by atomic mass is 16.5. The number of hydrogen-bond acceptors (Lipinski definition) is 2. The zero-order valence-electron chi connectivity index (χ0n) is 17.3. The molecule has 0 aliphatic heterocycles. The molecule has 0 fully saturated rings. The molecule has 4 rings (SSSR count). The molecule has 1 aliphatic carbocycles. The maximum absolute atomic E-state index is 10.8. The molecule has 3 aromatic rings. The number of fused-ring (bicyclic) bond motifs is 1. The zero-order chi connectivity index (χ0) is 20.8. The second-order valence-electron chi connectivity index (χ2n) is 8.04. The second kappa shape index (κ2) is 9.77. The van der Waals surface area contributed by atoms with E-state index in [0.717, 1.165) is 32.1 Å². The minimum absolute atomic E-state index is 0.237. The molecule has 0 bridgehead atoms. The lowest BCUT2D eigenvalue weighted by Crippen LogP contribution is -2.23. The van der Waals surface area contributed by atoms with E-state index in [4.69, 9.17) is 9.84 Å². The van der Waals surface area contributed by atoms with Crippen molar-refractivity contribution in [2.45, 2.75) is 57.7 Å². The minimum atomic E-state index is -0.717. The fraction of sp³-hybridized carbons (Fsp3) is 0.346. The number of aromatic nitrogens is 1. The van der Waals surface area contributed by atoms with Gasteiger partial charge in [-0.1, -0.05) is 48.5 Å². The molecule has 1 aromatic heterocycles. The van der Waals surface area contributed by atoms with Crippen LogP contribution in [0.25, 0.3) is 5.69 Å². The summed E-state index contributed by atoms with van der Waals surface area (Å²) in [7, 11) is 0. The van der Waals surface area contributed by atoms with Crippen molar-refractivity contribution in [3.8, 4) is 5.69 Å². The summed E-state index contributed by atoms with van der Waals surface area (Å²) in [4.78, 5) is 10.8. The molecular weight excluding hydrogens is 374 g/mol. The molecule has 1 atom stereocenters. The van der Waals surface area contributed by atoms with Gasteiger partial charge in [-0.2, -0.15) is 0 Å². The molecule has 0 saturated carbocycles. The van der Waals surface area contributed by atoms with Crippen molar-refractivity contribution in [3.63, 3.8) is 0 Å². The standard InChI is InChI=1S/C26H29NO3/c28-26(29)14-8-7-13-23-17-21-18-24(30-19-20-9-3-1-4-10-20)15-16-25(21)27(23)22-11-5-2-6-12-22/h1-6,9-12,17,24H,7-8,13-16,18-19H2,(H,28,29). The van der Waals surface area contributed by atoms with Crippen LogP contribution in [-0.4, -0.2) is 21.7 Å². The molecule has 1 aliphatic rings. The monoisotopic (exact) mass is 403 g/mol. The van der Waals surface area contributed by atoms with Crippen LogP contribution in [-0.2, 0) is 35.4 Å². The quantitative estimate of drug-likeness (QED) is 0.490. The van der Waals surface area contributed by atoms with E-state index >= 15 is 0 Å². The number of carboxylic acid groups (broad SMARTS) is 1. The fourth-order valence-corrected chi connectivity index (χ4v) is 4.36. The van der Waals surface area contributed by atoms with Crippen molar-refractivity contribution in [1.29, 1.82) is 0 Å². The largest absolute Gasteiger partial charge is 0.481 e. The second-order valence-corrected chi connectivity index (χ2v) is 8.04. The summed E-state index contributed by atoms with van der Waals surface area (Å²) >= 11 is 0. The van der Waals surface area contributed by atoms with E-state index in [0.29, 0.717) is 13.0 Å². The average molecular weight is 404 g/mol. The van der Waals surface area contributed by atoms with Gasteiger partial charge in [-0.05, 0) is 61.4 Å². The molecule has 2 aromatic carbocycles. The van der Waals surface area contributed by atoms with E-state index in [1.54, 1.807) is 0 Å². The number of rotatable bonds is 9. The average Bonchev–Trinajstić information content (AvgIpc) is 3.14. The van der Waals surface area contributed by atoms with Gasteiger partial charge in [0.2, 0.25) is 0 Å². The third-order valence-electron chi connectivity index (χ3n) is 5.84. The van der Waals surface area contributed by atoms with Crippen LogP contribution in [0, 0.1) is 0 Å². The minimum Gasteiger partial charge on any atom is -0.481 e. The number of carbonyl (C=O) groups is 1. The summed E-state index contributed by atoms with van der Waals surface area (Å²) in [6.07, 6.45) is 5.92. The Morgan fingerprint density at radius 2 is 1.77 bits per heavy atom. The van der Waals surface area contributed by atoms with Crippen LogP contribution in [0.1, 0.15) is 48.2 Å². The van der Waals surface area contributed by atoms with Gasteiger partial charge in [0, 0.05) is 29.9 Å². The van der Waals surface area contributed by atoms with Crippen LogP contribution in [0.4, 0.5) is 0 Å². The summed E-state index contributed by atoms with van der Waals surface area (Å²) < 4.78 is 8.62. The summed E-state index contributed by atoms with van der Waals surface area (Å²) in [5.41, 5.74) is 6.44. The van der Waals surface area contributed by atoms with Crippen molar-refractivity contribution in [2.24, 2.45) is 0 Å². The maximum atomic E-state index is 10.8. The molecule has 1 N–H and O–H groups in total. The van der Waals surface area contributed by atoms with E-state index < -0.39 is 5.97 Å². The van der Waals surface area contributed by atoms with Gasteiger partial charge in [-0.15, -0.1) is 0 Å². The smallest absolute Gasteiger partial charge is 0.303 e. The first-order valence-corrected chi connectivity index (χ1v) is 10.9. The van der Waals surface area contributed by atoms with Crippen LogP contribution < -0.4 is 0 Å². The Labute approximate surface area is 178 Å². The summed E-state index contributed by atoms with van der Waals surface area (Å²) in [6.45, 7) is 0.655. The van der Waals surface area contributed by atoms with Gasteiger partial charge in [0.05, 0.1) is 12.7 Å². The van der Waals surface area contributed by atoms with Crippen molar-refractivity contribution >= 4 is 5.97 Å². The Morgan fingerprint density at radius 1 is 1.03 bits per heavy atom. The first-order valence-electron chi connectivity index (χ1n) is 10.9. The normalized spacial score (nSPS) is 15.7. The summed E-state index contributed by atoms with van der Waals surface area (Å²) in [5, 5.41) is 8.92. The molecule has 0 radical (unpaired) electrons. The molecular formula is C26H29NO3. The van der Waals surface area contributed by atoms with Crippen molar-refractivity contribution in [1.82, 2.24) is 4.57 Å². The lowest BCUT2D eigenvalue weighted by atomic mass is 9.95. The van der Waals surface area contributed by atoms with E-state index in [9.17, 15) is 4.79 Å². The Bertz CT molecular complexity index is 963. The number of para-hydroxylation sites is 1. The van der Waals surface area contributed by atoms with Crippen molar-refractivity contribution < 1.29 is 14.6 Å². The molecule has 0 saturated heterocycles. The van der Waals surface area contributed by atoms with E-state index in [1.165, 1.54) is 28.2 Å². The van der Waals surface area contributed by atoms with Gasteiger partial charge in [-0.3, -0.25) is 4.79 Å². The van der Waals surface area contributed by atoms with Crippen LogP contribution in [0.2, 0.25) is 0 Å². The van der Waals surface area contributed by atoms with Gasteiger partial charge >= 0.3 is 5.97 Å². The number of aryl methyl sites for hydroxylation is 1. The molecule has 4 heteroatoms. The predicted octanol–water partition coefficient (Wildman–Crippen LogP) is 5.35. The number of ether oxygens (including phenoxy) is 1. The molecule has 4 nitrogen and oxygen atoms in total. The van der Waals surface area contributed by atoms with Crippen molar-refractivity contribution in [2.75, 3.05) is 0 Å². The SMILES string of the molecule is O=C(O)CCCCc1cc2c(n1-c1ccccc1)CCC(OCc1ccccc1)C2. The summed E-state index contributed by atoms with van der Waals surface area (Å²) in [6, 6.07) is 23.2. The third-order valence-corrected chi connectivity index (χ3v) is 5.84. The Balaban J connectivity index is 1.49. The number of hydrogen-bond donors (Lipinski definition) is 1. The highest BCUT2D eigenvalue weighted by molar-refractivity contribution is 5.66. The molecule has 0 amide bonds. The molecule has 1 unspecified atom stereocenters. The van der Waals surface area contributed by atoms with Gasteiger partial charge in [0.1, 0.15) is 0 Å². The van der Waals surface area contributed by atoms with Crippen LogP contribution in [0.15, 0.2) is 66.7 Å². The summed E-state index contributed by atoms with van der Waals surface area (Å²) in [5.74, 6) is -0.717. The first kappa shape index (κ1) is 20.4. The highest BCUT2D eigenvalue weighted by Gasteiger charge is 2.25. The topological polar surface area (TPSA) is 51.5 Å². The highest BCUT2D eigenvalue weighted by Crippen LogP contribution is 2.31. The Hall–Kier alpha value is -2.85. The Kier molecular flexibility index (Phi) is 6.65. The van der Waals surface area contributed by atoms with Gasteiger partial charge in [0.25, 0.3) is 0 Å². The van der Waals surface area contributed by atoms with Crippen molar-refractivity contribution in [3.05, 3.63) is 89.2 Å². The van der Waals surface area contributed by atoms with Crippen LogP contribution in [0.5, 0.6) is 0 Å². The predicted molar refractivity (Wildman–Crippen MR) is 118 cm³/mol. The Morgan fingerprint density at radius 3 is 2.50 bits per heavy atom. The van der Waals surface area contributed by atoms with E-state index in [-0.39, 0.29) is 12.5 Å². The van der Waals surface area contributed by atoms with E-state index in [2.05, 4.69) is 47.0 Å². The number of unbranched alkanes of at least 4 members (excludes halogenated alkanes) is 1. The zero-order valence-corrected chi connectivity index (χ0v) is 17.3. The maximum Gasteiger partial charge on any atom is 0.303 e. The first-order chi connectivity index (χ1) is 14.7. The molecule has 156 valence electrons. The fourth-order valence-electron chi connectivity index (χ4n) is 4.36. The van der Waals surface area contributed by atoms with Gasteiger partial charge < -0.3 is 14.4 Å². The molecule has 1 heterocycles. The van der Waals surface area contributed by atoms with E-state index in [1.807, 2.05) is 24.3 Å². The number of carboxylic acids is 1. The third kappa shape index (κ3) is 5.00.